The summed E-state index contributed by atoms with van der Waals surface area (Å²) in [6.45, 7) is 4.04. The van der Waals surface area contributed by atoms with Crippen LogP contribution in [0.5, 0.6) is 0 Å². The van der Waals surface area contributed by atoms with Crippen molar-refractivity contribution in [3.8, 4) is 11.3 Å². The number of para-hydroxylation sites is 1. The molecule has 0 spiro atoms. The van der Waals surface area contributed by atoms with Crippen molar-refractivity contribution in [3.63, 3.8) is 0 Å². The molecule has 2 aromatic heterocycles. The van der Waals surface area contributed by atoms with Crippen LogP contribution in [0.15, 0.2) is 60.1 Å². The van der Waals surface area contributed by atoms with Crippen LogP contribution in [0.2, 0.25) is 0 Å². The normalized spacial score (nSPS) is 10.8. The Morgan fingerprint density at radius 3 is 2.66 bits per heavy atom. The number of amides is 1. The second kappa shape index (κ2) is 7.89. The number of hydrogen-bond acceptors (Lipinski definition) is 5. The van der Waals surface area contributed by atoms with E-state index in [1.54, 1.807) is 41.0 Å². The Labute approximate surface area is 171 Å². The number of nitrogens with one attached hydrogen (secondary N) is 1. The van der Waals surface area contributed by atoms with E-state index in [1.165, 1.54) is 16.9 Å². The number of nitrogens with zero attached hydrogens (tertiary/aromatic N) is 2. The van der Waals surface area contributed by atoms with Crippen LogP contribution >= 0.6 is 11.3 Å². The molecule has 0 saturated heterocycles. The van der Waals surface area contributed by atoms with Crippen LogP contribution in [0.25, 0.3) is 16.2 Å². The number of imidazole rings is 1. The fraction of sp³-hybridized carbons (Fsp3) is 0.136. The van der Waals surface area contributed by atoms with Gasteiger partial charge in [-0.15, -0.1) is 11.3 Å². The average molecular weight is 405 g/mol. The Balaban J connectivity index is 1.63. The summed E-state index contributed by atoms with van der Waals surface area (Å²) >= 11 is 1.39. The molecule has 29 heavy (non-hydrogen) atoms. The molecular weight excluding hydrogens is 386 g/mol. The number of anilines is 1. The molecule has 0 saturated carbocycles. The number of thiazole rings is 1. The van der Waals surface area contributed by atoms with Gasteiger partial charge >= 0.3 is 5.97 Å². The highest BCUT2D eigenvalue weighted by Gasteiger charge is 2.18. The Morgan fingerprint density at radius 2 is 1.90 bits per heavy atom. The molecule has 2 heterocycles. The summed E-state index contributed by atoms with van der Waals surface area (Å²) in [5.41, 5.74) is 4.15. The highest BCUT2D eigenvalue weighted by atomic mass is 32.1. The van der Waals surface area contributed by atoms with E-state index in [9.17, 15) is 9.59 Å². The summed E-state index contributed by atoms with van der Waals surface area (Å²) in [6.07, 6.45) is 1.85. The van der Waals surface area contributed by atoms with Gasteiger partial charge in [0.25, 0.3) is 5.91 Å². The van der Waals surface area contributed by atoms with Crippen LogP contribution in [0.1, 0.15) is 33.3 Å². The van der Waals surface area contributed by atoms with Gasteiger partial charge in [0, 0.05) is 17.1 Å². The molecule has 0 fully saturated rings. The number of aromatic nitrogens is 2. The Bertz CT molecular complexity index is 1190. The summed E-state index contributed by atoms with van der Waals surface area (Å²) in [5, 5.41) is 4.57. The first kappa shape index (κ1) is 18.9. The van der Waals surface area contributed by atoms with Crippen LogP contribution < -0.4 is 5.32 Å². The van der Waals surface area contributed by atoms with Crippen molar-refractivity contribution in [2.75, 3.05) is 11.9 Å². The lowest BCUT2D eigenvalue weighted by Crippen LogP contribution is -2.17. The Morgan fingerprint density at radius 1 is 1.14 bits per heavy atom. The summed E-state index contributed by atoms with van der Waals surface area (Å²) in [7, 11) is 0. The third-order valence-electron chi connectivity index (χ3n) is 4.46. The van der Waals surface area contributed by atoms with Crippen molar-refractivity contribution in [2.45, 2.75) is 13.8 Å². The number of aryl methyl sites for hydroxylation is 1. The minimum absolute atomic E-state index is 0.267. The zero-order valence-corrected chi connectivity index (χ0v) is 16.8. The molecule has 0 unspecified atom stereocenters. The number of ether oxygens (including phenoxy) is 1. The van der Waals surface area contributed by atoms with E-state index in [1.807, 2.05) is 37.4 Å². The number of esters is 1. The van der Waals surface area contributed by atoms with E-state index in [-0.39, 0.29) is 12.5 Å². The predicted molar refractivity (Wildman–Crippen MR) is 114 cm³/mol. The maximum Gasteiger partial charge on any atom is 0.340 e. The first-order valence-electron chi connectivity index (χ1n) is 9.18. The number of benzene rings is 2. The van der Waals surface area contributed by atoms with E-state index in [4.69, 9.17) is 4.74 Å². The molecular formula is C22H19N3O3S. The molecule has 0 radical (unpaired) electrons. The lowest BCUT2D eigenvalue weighted by atomic mass is 10.1. The van der Waals surface area contributed by atoms with Crippen LogP contribution in [-0.4, -0.2) is 27.9 Å². The quantitative estimate of drug-likeness (QED) is 0.484. The van der Waals surface area contributed by atoms with E-state index in [2.05, 4.69) is 10.3 Å². The monoisotopic (exact) mass is 405 g/mol. The lowest BCUT2D eigenvalue weighted by molar-refractivity contribution is 0.0527. The maximum absolute atomic E-state index is 12.9. The zero-order chi connectivity index (χ0) is 20.4. The lowest BCUT2D eigenvalue weighted by Gasteiger charge is -2.09. The first-order chi connectivity index (χ1) is 14.1. The second-order valence-corrected chi connectivity index (χ2v) is 7.32. The number of rotatable bonds is 5. The van der Waals surface area contributed by atoms with Gasteiger partial charge in [-0.2, -0.15) is 0 Å². The van der Waals surface area contributed by atoms with E-state index >= 15 is 0 Å². The van der Waals surface area contributed by atoms with Gasteiger partial charge in [0.05, 0.1) is 23.6 Å². The fourth-order valence-corrected chi connectivity index (χ4v) is 3.83. The Kier molecular flexibility index (Phi) is 5.14. The molecule has 1 amide bonds. The molecule has 4 rings (SSSR count). The summed E-state index contributed by atoms with van der Waals surface area (Å²) in [6, 6.07) is 14.9. The fourth-order valence-electron chi connectivity index (χ4n) is 2.98. The summed E-state index contributed by atoms with van der Waals surface area (Å²) < 4.78 is 6.83. The van der Waals surface area contributed by atoms with Crippen molar-refractivity contribution < 1.29 is 14.3 Å². The summed E-state index contributed by atoms with van der Waals surface area (Å²) in [5.74, 6) is -0.788. The van der Waals surface area contributed by atoms with Crippen LogP contribution in [-0.2, 0) is 4.74 Å². The van der Waals surface area contributed by atoms with Crippen molar-refractivity contribution >= 4 is 33.9 Å². The number of hydrogen-bond donors (Lipinski definition) is 1. The molecule has 0 bridgehead atoms. The largest absolute Gasteiger partial charge is 0.462 e. The molecule has 7 heteroatoms. The first-order valence-corrected chi connectivity index (χ1v) is 10.1. The predicted octanol–water partition coefficient (Wildman–Crippen LogP) is 4.80. The minimum Gasteiger partial charge on any atom is -0.462 e. The molecule has 0 aliphatic heterocycles. The third kappa shape index (κ3) is 3.77. The molecule has 0 aliphatic rings. The van der Waals surface area contributed by atoms with Gasteiger partial charge in [-0.25, -0.2) is 9.78 Å². The number of carbonyl (C=O) groups excluding carboxylic acids is 2. The number of fused-ring (bicyclic) bond motifs is 1. The van der Waals surface area contributed by atoms with Crippen molar-refractivity contribution in [1.29, 1.82) is 0 Å². The molecule has 0 atom stereocenters. The molecule has 4 aromatic rings. The van der Waals surface area contributed by atoms with E-state index in [0.717, 1.165) is 16.2 Å². The molecule has 146 valence electrons. The molecule has 1 N–H and O–H groups in total. The smallest absolute Gasteiger partial charge is 0.340 e. The van der Waals surface area contributed by atoms with Crippen LogP contribution in [0, 0.1) is 6.92 Å². The average Bonchev–Trinajstić information content (AvgIpc) is 3.30. The van der Waals surface area contributed by atoms with Gasteiger partial charge in [-0.05, 0) is 26.0 Å². The van der Waals surface area contributed by atoms with Crippen molar-refractivity contribution in [2.24, 2.45) is 0 Å². The van der Waals surface area contributed by atoms with Crippen molar-refractivity contribution in [1.82, 2.24) is 9.38 Å². The van der Waals surface area contributed by atoms with Gasteiger partial charge in [-0.3, -0.25) is 9.20 Å². The van der Waals surface area contributed by atoms with E-state index < -0.39 is 5.97 Å². The third-order valence-corrected chi connectivity index (χ3v) is 5.30. The minimum atomic E-state index is -0.469. The second-order valence-electron chi connectivity index (χ2n) is 6.49. The van der Waals surface area contributed by atoms with E-state index in [0.29, 0.717) is 16.9 Å². The molecule has 0 aliphatic carbocycles. The topological polar surface area (TPSA) is 72.7 Å². The molecule has 2 aromatic carbocycles. The zero-order valence-electron chi connectivity index (χ0n) is 16.0. The molecule has 6 nitrogen and oxygen atoms in total. The van der Waals surface area contributed by atoms with Gasteiger partial charge in [-0.1, -0.05) is 42.0 Å². The van der Waals surface area contributed by atoms with Gasteiger partial charge in [0.2, 0.25) is 0 Å². The SMILES string of the molecule is CCOC(=O)c1ccccc1NC(=O)c1csc2nc(-c3ccc(C)cc3)cn12. The van der Waals surface area contributed by atoms with Gasteiger partial charge in [0.15, 0.2) is 4.96 Å². The highest BCUT2D eigenvalue weighted by molar-refractivity contribution is 7.15. The Hall–Kier alpha value is -3.45. The maximum atomic E-state index is 12.9. The standard InChI is InChI=1S/C22H19N3O3S/c1-3-28-21(27)16-6-4-5-7-17(16)23-20(26)19-13-29-22-24-18(12-25(19)22)15-10-8-14(2)9-11-15/h4-13H,3H2,1-2H3,(H,23,26). The van der Waals surface area contributed by atoms with Crippen molar-refractivity contribution in [3.05, 3.63) is 76.9 Å². The number of carbonyl (C=O) groups is 2. The highest BCUT2D eigenvalue weighted by Crippen LogP contribution is 2.25. The van der Waals surface area contributed by atoms with Crippen LogP contribution in [0.3, 0.4) is 0 Å². The summed E-state index contributed by atoms with van der Waals surface area (Å²) in [4.78, 5) is 30.4. The van der Waals surface area contributed by atoms with Gasteiger partial charge in [0.1, 0.15) is 5.69 Å². The van der Waals surface area contributed by atoms with Gasteiger partial charge < -0.3 is 10.1 Å². The van der Waals surface area contributed by atoms with Crippen LogP contribution in [0.4, 0.5) is 5.69 Å².